The lowest BCUT2D eigenvalue weighted by Gasteiger charge is -2.28. The van der Waals surface area contributed by atoms with Crippen LogP contribution in [0.3, 0.4) is 0 Å². The maximum atomic E-state index is 13.0. The normalized spacial score (nSPS) is 20.5. The van der Waals surface area contributed by atoms with Gasteiger partial charge in [-0.25, -0.2) is 9.38 Å². The van der Waals surface area contributed by atoms with Crippen LogP contribution in [-0.2, 0) is 0 Å². The van der Waals surface area contributed by atoms with Crippen LogP contribution < -0.4 is 11.1 Å². The highest BCUT2D eigenvalue weighted by Gasteiger charge is 2.24. The third-order valence-corrected chi connectivity index (χ3v) is 3.84. The number of aliphatic imine (C=N–C) groups is 1. The molecule has 7 heteroatoms. The molecule has 0 bridgehead atoms. The topological polar surface area (TPSA) is 93.5 Å². The molecule has 0 fully saturated rings. The molecule has 6 nitrogen and oxygen atoms in total. The second-order valence-corrected chi connectivity index (χ2v) is 5.36. The molecule has 2 aromatic carbocycles. The Morgan fingerprint density at radius 3 is 2.35 bits per heavy atom. The predicted molar refractivity (Wildman–Crippen MR) is 84.4 cm³/mol. The average Bonchev–Trinajstić information content (AvgIpc) is 2.55. The standard InChI is InChI=1S/C16H15FN4O2/c17-12-5-1-10(2-6-12)14-9-15(20-16(18)19-14)11-3-7-13(8-4-11)21(22)23/h1-8,14-15H,9H2,(H3,18,19,20). The Hall–Kier alpha value is -2.96. The van der Waals surface area contributed by atoms with E-state index >= 15 is 0 Å². The van der Waals surface area contributed by atoms with E-state index in [9.17, 15) is 14.5 Å². The molecule has 1 aliphatic heterocycles. The number of nitro benzene ring substituents is 1. The van der Waals surface area contributed by atoms with Crippen LogP contribution in [0.15, 0.2) is 53.5 Å². The van der Waals surface area contributed by atoms with Gasteiger partial charge in [0.2, 0.25) is 0 Å². The first-order valence-electron chi connectivity index (χ1n) is 7.12. The van der Waals surface area contributed by atoms with Crippen molar-refractivity contribution in [3.05, 3.63) is 75.6 Å². The van der Waals surface area contributed by atoms with Crippen molar-refractivity contribution in [2.24, 2.45) is 10.7 Å². The summed E-state index contributed by atoms with van der Waals surface area (Å²) in [7, 11) is 0. The molecular formula is C16H15FN4O2. The third-order valence-electron chi connectivity index (χ3n) is 3.84. The van der Waals surface area contributed by atoms with Gasteiger partial charge in [0, 0.05) is 12.1 Å². The summed E-state index contributed by atoms with van der Waals surface area (Å²) in [6.45, 7) is 0. The SMILES string of the molecule is NC1=NC(c2ccc(F)cc2)CC(c2ccc([N+](=O)[O-])cc2)N1. The van der Waals surface area contributed by atoms with Gasteiger partial charge in [-0.15, -0.1) is 0 Å². The molecule has 0 spiro atoms. The molecule has 2 atom stereocenters. The molecule has 3 N–H and O–H groups in total. The first kappa shape index (κ1) is 15.0. The van der Waals surface area contributed by atoms with Gasteiger partial charge >= 0.3 is 0 Å². The van der Waals surface area contributed by atoms with Gasteiger partial charge < -0.3 is 11.1 Å². The van der Waals surface area contributed by atoms with E-state index in [1.165, 1.54) is 24.3 Å². The zero-order chi connectivity index (χ0) is 16.4. The highest BCUT2D eigenvalue weighted by molar-refractivity contribution is 5.79. The lowest BCUT2D eigenvalue weighted by atomic mass is 9.94. The van der Waals surface area contributed by atoms with Gasteiger partial charge in [-0.05, 0) is 29.7 Å². The molecule has 0 amide bonds. The highest BCUT2D eigenvalue weighted by Crippen LogP contribution is 2.32. The van der Waals surface area contributed by atoms with Crippen LogP contribution in [0.4, 0.5) is 10.1 Å². The van der Waals surface area contributed by atoms with Gasteiger partial charge in [-0.1, -0.05) is 24.3 Å². The average molecular weight is 314 g/mol. The minimum Gasteiger partial charge on any atom is -0.370 e. The quantitative estimate of drug-likeness (QED) is 0.673. The minimum absolute atomic E-state index is 0.0429. The van der Waals surface area contributed by atoms with Crippen LogP contribution in [0.25, 0.3) is 0 Å². The number of benzene rings is 2. The Balaban J connectivity index is 1.83. The predicted octanol–water partition coefficient (Wildman–Crippen LogP) is 2.82. The zero-order valence-corrected chi connectivity index (χ0v) is 12.1. The summed E-state index contributed by atoms with van der Waals surface area (Å²) in [5.74, 6) is 0.000447. The van der Waals surface area contributed by atoms with Gasteiger partial charge in [0.15, 0.2) is 5.96 Å². The van der Waals surface area contributed by atoms with E-state index in [0.717, 1.165) is 11.1 Å². The van der Waals surface area contributed by atoms with E-state index in [1.54, 1.807) is 24.3 Å². The van der Waals surface area contributed by atoms with Crippen molar-refractivity contribution in [3.8, 4) is 0 Å². The third kappa shape index (κ3) is 3.28. The van der Waals surface area contributed by atoms with Gasteiger partial charge in [0.05, 0.1) is 17.0 Å². The number of hydrogen-bond donors (Lipinski definition) is 2. The number of non-ortho nitro benzene ring substituents is 1. The van der Waals surface area contributed by atoms with Crippen molar-refractivity contribution >= 4 is 11.6 Å². The maximum absolute atomic E-state index is 13.0. The number of guanidine groups is 1. The number of nitrogens with one attached hydrogen (secondary N) is 1. The molecular weight excluding hydrogens is 299 g/mol. The molecule has 2 unspecified atom stereocenters. The Bertz CT molecular complexity index is 744. The van der Waals surface area contributed by atoms with Crippen molar-refractivity contribution in [1.82, 2.24) is 5.32 Å². The van der Waals surface area contributed by atoms with Gasteiger partial charge in [-0.3, -0.25) is 10.1 Å². The number of nitro groups is 1. The van der Waals surface area contributed by atoms with Crippen LogP contribution in [0.1, 0.15) is 29.6 Å². The van der Waals surface area contributed by atoms with Gasteiger partial charge in [0.1, 0.15) is 5.82 Å². The molecule has 0 aliphatic carbocycles. The second-order valence-electron chi connectivity index (χ2n) is 5.36. The molecule has 23 heavy (non-hydrogen) atoms. The Kier molecular flexibility index (Phi) is 3.92. The number of halogens is 1. The molecule has 118 valence electrons. The lowest BCUT2D eigenvalue weighted by molar-refractivity contribution is -0.384. The summed E-state index contributed by atoms with van der Waals surface area (Å²) in [4.78, 5) is 14.6. The molecule has 0 radical (unpaired) electrons. The number of nitrogens with zero attached hydrogens (tertiary/aromatic N) is 2. The zero-order valence-electron chi connectivity index (χ0n) is 12.1. The molecule has 2 aromatic rings. The van der Waals surface area contributed by atoms with E-state index in [1.807, 2.05) is 0 Å². The summed E-state index contributed by atoms with van der Waals surface area (Å²) in [6, 6.07) is 12.2. The summed E-state index contributed by atoms with van der Waals surface area (Å²) >= 11 is 0. The molecule has 0 aromatic heterocycles. The lowest BCUT2D eigenvalue weighted by Crippen LogP contribution is -2.39. The largest absolute Gasteiger partial charge is 0.370 e. The van der Waals surface area contributed by atoms with E-state index in [-0.39, 0.29) is 23.6 Å². The van der Waals surface area contributed by atoms with Crippen LogP contribution in [0, 0.1) is 15.9 Å². The van der Waals surface area contributed by atoms with Crippen molar-refractivity contribution < 1.29 is 9.31 Å². The molecule has 3 rings (SSSR count). The first-order valence-corrected chi connectivity index (χ1v) is 7.12. The van der Waals surface area contributed by atoms with Crippen LogP contribution in [0.2, 0.25) is 0 Å². The summed E-state index contributed by atoms with van der Waals surface area (Å²) in [6.07, 6.45) is 0.629. The number of hydrogen-bond acceptors (Lipinski definition) is 5. The van der Waals surface area contributed by atoms with E-state index in [2.05, 4.69) is 10.3 Å². The Morgan fingerprint density at radius 1 is 1.13 bits per heavy atom. The second kappa shape index (κ2) is 6.04. The van der Waals surface area contributed by atoms with Gasteiger partial charge in [0.25, 0.3) is 5.69 Å². The fourth-order valence-electron chi connectivity index (χ4n) is 2.66. The maximum Gasteiger partial charge on any atom is 0.269 e. The summed E-state index contributed by atoms with van der Waals surface area (Å²) < 4.78 is 13.0. The Labute approximate surface area is 132 Å². The fourth-order valence-corrected chi connectivity index (χ4v) is 2.66. The van der Waals surface area contributed by atoms with Crippen molar-refractivity contribution in [2.45, 2.75) is 18.5 Å². The molecule has 0 saturated carbocycles. The molecule has 1 heterocycles. The van der Waals surface area contributed by atoms with Crippen LogP contribution in [0.5, 0.6) is 0 Å². The Morgan fingerprint density at radius 2 is 1.74 bits per heavy atom. The monoisotopic (exact) mass is 314 g/mol. The van der Waals surface area contributed by atoms with Crippen LogP contribution >= 0.6 is 0 Å². The summed E-state index contributed by atoms with van der Waals surface area (Å²) in [5, 5.41) is 13.8. The van der Waals surface area contributed by atoms with Crippen LogP contribution in [-0.4, -0.2) is 10.9 Å². The molecule has 0 saturated heterocycles. The number of nitrogens with two attached hydrogens (primary N) is 1. The fraction of sp³-hybridized carbons (Fsp3) is 0.188. The van der Waals surface area contributed by atoms with Gasteiger partial charge in [-0.2, -0.15) is 0 Å². The van der Waals surface area contributed by atoms with E-state index < -0.39 is 4.92 Å². The summed E-state index contributed by atoms with van der Waals surface area (Å²) in [5.41, 5.74) is 7.66. The number of rotatable bonds is 3. The first-order chi connectivity index (χ1) is 11.0. The van der Waals surface area contributed by atoms with Crippen molar-refractivity contribution in [3.63, 3.8) is 0 Å². The van der Waals surface area contributed by atoms with E-state index in [4.69, 9.17) is 5.73 Å². The molecule has 1 aliphatic rings. The van der Waals surface area contributed by atoms with E-state index in [0.29, 0.717) is 12.4 Å². The highest BCUT2D eigenvalue weighted by atomic mass is 19.1. The van der Waals surface area contributed by atoms with Crippen molar-refractivity contribution in [2.75, 3.05) is 0 Å². The minimum atomic E-state index is -0.435. The van der Waals surface area contributed by atoms with Crippen molar-refractivity contribution in [1.29, 1.82) is 0 Å². The smallest absolute Gasteiger partial charge is 0.269 e.